The zero-order valence-electron chi connectivity index (χ0n) is 8.25. The second-order valence-corrected chi connectivity index (χ2v) is 4.35. The summed E-state index contributed by atoms with van der Waals surface area (Å²) in [7, 11) is 0. The van der Waals surface area contributed by atoms with Crippen molar-refractivity contribution in [3.05, 3.63) is 0 Å². The van der Waals surface area contributed by atoms with E-state index in [1.165, 1.54) is 12.8 Å². The summed E-state index contributed by atoms with van der Waals surface area (Å²) in [4.78, 5) is 17.4. The number of carbonyl (C=O) groups is 1. The van der Waals surface area contributed by atoms with Gasteiger partial charge in [0.05, 0.1) is 0 Å². The molecule has 1 saturated heterocycles. The van der Waals surface area contributed by atoms with Gasteiger partial charge in [-0.25, -0.2) is 4.79 Å². The highest BCUT2D eigenvalue weighted by molar-refractivity contribution is 9.09. The van der Waals surface area contributed by atoms with Crippen molar-refractivity contribution in [2.45, 2.75) is 38.1 Å². The third-order valence-corrected chi connectivity index (χ3v) is 3.11. The fraction of sp³-hybridized carbons (Fsp3) is 0.889. The predicted octanol–water partition coefficient (Wildman–Crippen LogP) is 2.03. The molecule has 0 unspecified atom stereocenters. The Morgan fingerprint density at radius 2 is 2.29 bits per heavy atom. The van der Waals surface area contributed by atoms with Crippen molar-refractivity contribution in [1.29, 1.82) is 0 Å². The highest BCUT2D eigenvalue weighted by atomic mass is 79.9. The molecule has 1 fully saturated rings. The van der Waals surface area contributed by atoms with Gasteiger partial charge in [-0.2, -0.15) is 5.90 Å². The van der Waals surface area contributed by atoms with E-state index >= 15 is 0 Å². The van der Waals surface area contributed by atoms with E-state index in [0.717, 1.165) is 31.1 Å². The molecule has 0 aromatic rings. The van der Waals surface area contributed by atoms with Crippen molar-refractivity contribution in [3.8, 4) is 0 Å². The van der Waals surface area contributed by atoms with Gasteiger partial charge in [0.15, 0.2) is 0 Å². The van der Waals surface area contributed by atoms with Crippen LogP contribution in [0.2, 0.25) is 0 Å². The van der Waals surface area contributed by atoms with E-state index in [1.54, 1.807) is 4.90 Å². The maximum Gasteiger partial charge on any atom is 0.428 e. The van der Waals surface area contributed by atoms with Gasteiger partial charge >= 0.3 is 6.09 Å². The van der Waals surface area contributed by atoms with Gasteiger partial charge in [-0.05, 0) is 19.3 Å². The molecule has 0 radical (unpaired) electrons. The molecule has 4 nitrogen and oxygen atoms in total. The van der Waals surface area contributed by atoms with Crippen molar-refractivity contribution in [2.75, 3.05) is 11.9 Å². The number of alkyl halides is 1. The summed E-state index contributed by atoms with van der Waals surface area (Å²) in [5, 5.41) is 0.909. The van der Waals surface area contributed by atoms with Gasteiger partial charge in [-0.1, -0.05) is 28.8 Å². The number of rotatable bonds is 2. The molecule has 1 aliphatic heterocycles. The van der Waals surface area contributed by atoms with Gasteiger partial charge < -0.3 is 9.74 Å². The Morgan fingerprint density at radius 1 is 1.50 bits per heavy atom. The van der Waals surface area contributed by atoms with Crippen LogP contribution in [0.1, 0.15) is 32.1 Å². The van der Waals surface area contributed by atoms with Crippen LogP contribution in [0, 0.1) is 0 Å². The first-order chi connectivity index (χ1) is 6.79. The number of hydrogen-bond acceptors (Lipinski definition) is 3. The van der Waals surface area contributed by atoms with Crippen LogP contribution in [0.5, 0.6) is 0 Å². The Labute approximate surface area is 92.8 Å². The van der Waals surface area contributed by atoms with Crippen molar-refractivity contribution in [2.24, 2.45) is 5.90 Å². The first-order valence-corrected chi connectivity index (χ1v) is 6.15. The average Bonchev–Trinajstić information content (AvgIpc) is 2.43. The molecule has 1 amide bonds. The van der Waals surface area contributed by atoms with Crippen LogP contribution in [0.4, 0.5) is 4.79 Å². The van der Waals surface area contributed by atoms with Gasteiger partial charge in [0.1, 0.15) is 0 Å². The van der Waals surface area contributed by atoms with Crippen LogP contribution in [0.15, 0.2) is 0 Å². The lowest BCUT2D eigenvalue weighted by Crippen LogP contribution is -2.41. The van der Waals surface area contributed by atoms with Crippen molar-refractivity contribution in [1.82, 2.24) is 4.90 Å². The first kappa shape index (κ1) is 11.8. The molecule has 0 bridgehead atoms. The highest BCUT2D eigenvalue weighted by Gasteiger charge is 2.25. The largest absolute Gasteiger partial charge is 0.428 e. The summed E-state index contributed by atoms with van der Waals surface area (Å²) >= 11 is 3.40. The molecule has 1 heterocycles. The van der Waals surface area contributed by atoms with Gasteiger partial charge in [0.25, 0.3) is 0 Å². The van der Waals surface area contributed by atoms with Crippen LogP contribution in [0.25, 0.3) is 0 Å². The zero-order valence-corrected chi connectivity index (χ0v) is 9.83. The maximum atomic E-state index is 11.4. The monoisotopic (exact) mass is 264 g/mol. The highest BCUT2D eigenvalue weighted by Crippen LogP contribution is 2.20. The predicted molar refractivity (Wildman–Crippen MR) is 58.0 cm³/mol. The first-order valence-electron chi connectivity index (χ1n) is 5.03. The number of nitrogens with zero attached hydrogens (tertiary/aromatic N) is 1. The molecule has 0 aromatic carbocycles. The fourth-order valence-electron chi connectivity index (χ4n) is 1.91. The molecular weight excluding hydrogens is 248 g/mol. The molecule has 1 rings (SSSR count). The second kappa shape index (κ2) is 6.24. The van der Waals surface area contributed by atoms with Gasteiger partial charge in [-0.3, -0.25) is 0 Å². The van der Waals surface area contributed by atoms with E-state index in [1.807, 2.05) is 0 Å². The van der Waals surface area contributed by atoms with E-state index in [2.05, 4.69) is 20.8 Å². The summed E-state index contributed by atoms with van der Waals surface area (Å²) in [6, 6.07) is 0.285. The SMILES string of the molecule is NOC(=O)N1CCCCC[C@@H]1CCBr. The van der Waals surface area contributed by atoms with Crippen LogP contribution >= 0.6 is 15.9 Å². The summed E-state index contributed by atoms with van der Waals surface area (Å²) in [6.45, 7) is 0.772. The van der Waals surface area contributed by atoms with Crippen LogP contribution in [0.3, 0.4) is 0 Å². The Kier molecular flexibility index (Phi) is 5.25. The minimum absolute atomic E-state index is 0.285. The van der Waals surface area contributed by atoms with Gasteiger partial charge in [0.2, 0.25) is 0 Å². The molecule has 1 aliphatic rings. The average molecular weight is 265 g/mol. The Hall–Kier alpha value is -0.290. The summed E-state index contributed by atoms with van der Waals surface area (Å²) in [5.74, 6) is 4.91. The number of amides is 1. The zero-order chi connectivity index (χ0) is 10.4. The fourth-order valence-corrected chi connectivity index (χ4v) is 2.44. The molecule has 1 atom stereocenters. The third-order valence-electron chi connectivity index (χ3n) is 2.65. The van der Waals surface area contributed by atoms with Crippen molar-refractivity contribution >= 4 is 22.0 Å². The number of likely N-dealkylation sites (tertiary alicyclic amines) is 1. The molecule has 5 heteroatoms. The third kappa shape index (κ3) is 3.13. The number of nitrogens with two attached hydrogens (primary N) is 1. The van der Waals surface area contributed by atoms with Crippen molar-refractivity contribution < 1.29 is 9.63 Å². The number of halogens is 1. The van der Waals surface area contributed by atoms with E-state index in [-0.39, 0.29) is 6.04 Å². The molecule has 0 aromatic heterocycles. The molecular formula is C9H17BrN2O2. The van der Waals surface area contributed by atoms with E-state index < -0.39 is 6.09 Å². The van der Waals surface area contributed by atoms with Crippen LogP contribution < -0.4 is 5.90 Å². The van der Waals surface area contributed by atoms with Gasteiger partial charge in [-0.15, -0.1) is 0 Å². The molecule has 14 heavy (non-hydrogen) atoms. The minimum atomic E-state index is -0.391. The van der Waals surface area contributed by atoms with Gasteiger partial charge in [0, 0.05) is 17.9 Å². The Morgan fingerprint density at radius 3 is 2.93 bits per heavy atom. The lowest BCUT2D eigenvalue weighted by Gasteiger charge is -2.27. The number of hydrogen-bond donors (Lipinski definition) is 1. The minimum Gasteiger partial charge on any atom is -0.357 e. The summed E-state index contributed by atoms with van der Waals surface area (Å²) in [6.07, 6.45) is 5.06. The topological polar surface area (TPSA) is 55.6 Å². The van der Waals surface area contributed by atoms with E-state index in [9.17, 15) is 4.79 Å². The van der Waals surface area contributed by atoms with Crippen LogP contribution in [-0.4, -0.2) is 28.9 Å². The standard InChI is InChI=1S/C9H17BrN2O2/c10-6-5-8-4-2-1-3-7-12(8)9(13)14-11/h8H,1-7,11H2/t8-/m1/s1. The smallest absolute Gasteiger partial charge is 0.357 e. The maximum absolute atomic E-state index is 11.4. The summed E-state index contributed by atoms with van der Waals surface area (Å²) in [5.41, 5.74) is 0. The Balaban J connectivity index is 2.58. The Bertz CT molecular complexity index is 190. The van der Waals surface area contributed by atoms with Crippen LogP contribution in [-0.2, 0) is 4.84 Å². The van der Waals surface area contributed by atoms with E-state index in [0.29, 0.717) is 0 Å². The van der Waals surface area contributed by atoms with Crippen molar-refractivity contribution in [3.63, 3.8) is 0 Å². The molecule has 0 spiro atoms. The quantitative estimate of drug-likeness (QED) is 0.614. The number of carbonyl (C=O) groups excluding carboxylic acids is 1. The molecule has 2 N–H and O–H groups in total. The molecule has 0 aliphatic carbocycles. The lowest BCUT2D eigenvalue weighted by molar-refractivity contribution is 0.0865. The molecule has 82 valence electrons. The summed E-state index contributed by atoms with van der Waals surface area (Å²) < 4.78 is 0. The second-order valence-electron chi connectivity index (χ2n) is 3.56. The normalized spacial score (nSPS) is 23.0. The lowest BCUT2D eigenvalue weighted by atomic mass is 10.1. The molecule has 0 saturated carbocycles. The van der Waals surface area contributed by atoms with E-state index in [4.69, 9.17) is 5.90 Å².